The minimum Gasteiger partial charge on any atom is -0.466 e. The van der Waals surface area contributed by atoms with Gasteiger partial charge in [-0.25, -0.2) is 0 Å². The summed E-state index contributed by atoms with van der Waals surface area (Å²) in [6.07, 6.45) is 2.60. The zero-order valence-electron chi connectivity index (χ0n) is 10.6. The van der Waals surface area contributed by atoms with Crippen molar-refractivity contribution in [2.24, 2.45) is 5.73 Å². The molecule has 2 amide bonds. The number of ether oxygens (including phenoxy) is 1. The van der Waals surface area contributed by atoms with Crippen molar-refractivity contribution >= 4 is 17.8 Å². The Morgan fingerprint density at radius 3 is 2.56 bits per heavy atom. The maximum absolute atomic E-state index is 11.5. The first-order valence-electron chi connectivity index (χ1n) is 5.86. The van der Waals surface area contributed by atoms with Gasteiger partial charge in [0.2, 0.25) is 11.8 Å². The molecule has 0 heterocycles. The average Bonchev–Trinajstić information content (AvgIpc) is 2.32. The lowest BCUT2D eigenvalue weighted by Gasteiger charge is -2.14. The van der Waals surface area contributed by atoms with Crippen molar-refractivity contribution in [3.05, 3.63) is 12.7 Å². The molecule has 18 heavy (non-hydrogen) atoms. The molecule has 6 nitrogen and oxygen atoms in total. The second kappa shape index (κ2) is 9.21. The van der Waals surface area contributed by atoms with Gasteiger partial charge in [0, 0.05) is 6.42 Å². The average molecular weight is 256 g/mol. The van der Waals surface area contributed by atoms with E-state index in [2.05, 4.69) is 16.6 Å². The molecule has 0 aliphatic heterocycles. The Balaban J connectivity index is 4.05. The van der Waals surface area contributed by atoms with E-state index < -0.39 is 23.8 Å². The standard InChI is InChI=1S/C12H20N2O4/c1-3-5-6-9(12(13)17)14-10(15)7-8-11(16)18-4-2/h3,9H,1,4-8H2,2H3,(H2,13,17)(H,14,15)/t9-/m1/s1. The number of hydrogen-bond acceptors (Lipinski definition) is 4. The largest absolute Gasteiger partial charge is 0.466 e. The molecule has 0 fully saturated rings. The molecule has 0 spiro atoms. The van der Waals surface area contributed by atoms with E-state index >= 15 is 0 Å². The highest BCUT2D eigenvalue weighted by atomic mass is 16.5. The molecule has 0 unspecified atom stereocenters. The van der Waals surface area contributed by atoms with Gasteiger partial charge in [0.15, 0.2) is 0 Å². The number of nitrogens with two attached hydrogens (primary N) is 1. The van der Waals surface area contributed by atoms with Crippen LogP contribution in [-0.2, 0) is 19.1 Å². The van der Waals surface area contributed by atoms with Gasteiger partial charge in [0.1, 0.15) is 6.04 Å². The molecular formula is C12H20N2O4. The first kappa shape index (κ1) is 16.1. The van der Waals surface area contributed by atoms with E-state index in [0.717, 1.165) is 0 Å². The third-order valence-electron chi connectivity index (χ3n) is 2.20. The number of allylic oxidation sites excluding steroid dienone is 1. The minimum atomic E-state index is -0.724. The first-order valence-corrected chi connectivity index (χ1v) is 5.86. The Morgan fingerprint density at radius 2 is 2.06 bits per heavy atom. The fourth-order valence-electron chi connectivity index (χ4n) is 1.29. The van der Waals surface area contributed by atoms with Crippen molar-refractivity contribution < 1.29 is 19.1 Å². The van der Waals surface area contributed by atoms with Crippen LogP contribution in [0.4, 0.5) is 0 Å². The third kappa shape index (κ3) is 7.43. The lowest BCUT2D eigenvalue weighted by Crippen LogP contribution is -2.44. The molecule has 0 radical (unpaired) electrons. The van der Waals surface area contributed by atoms with Gasteiger partial charge >= 0.3 is 5.97 Å². The molecule has 0 bridgehead atoms. The van der Waals surface area contributed by atoms with Crippen LogP contribution in [0.1, 0.15) is 32.6 Å². The van der Waals surface area contributed by atoms with Crippen LogP contribution in [0.25, 0.3) is 0 Å². The van der Waals surface area contributed by atoms with Gasteiger partial charge in [0.05, 0.1) is 13.0 Å². The number of primary amides is 1. The van der Waals surface area contributed by atoms with E-state index in [-0.39, 0.29) is 19.4 Å². The summed E-state index contributed by atoms with van der Waals surface area (Å²) < 4.78 is 4.69. The summed E-state index contributed by atoms with van der Waals surface area (Å²) in [6.45, 7) is 5.50. The molecule has 0 saturated carbocycles. The molecular weight excluding hydrogens is 236 g/mol. The van der Waals surface area contributed by atoms with E-state index in [9.17, 15) is 14.4 Å². The van der Waals surface area contributed by atoms with E-state index in [1.807, 2.05) is 0 Å². The second-order valence-corrected chi connectivity index (χ2v) is 3.69. The lowest BCUT2D eigenvalue weighted by atomic mass is 10.1. The van der Waals surface area contributed by atoms with Gasteiger partial charge in [0.25, 0.3) is 0 Å². The predicted octanol–water partition coefficient (Wildman–Crippen LogP) is 0.266. The Hall–Kier alpha value is -1.85. The molecule has 3 N–H and O–H groups in total. The molecule has 6 heteroatoms. The molecule has 0 aliphatic rings. The molecule has 0 aromatic rings. The maximum atomic E-state index is 11.5. The Labute approximate surface area is 107 Å². The van der Waals surface area contributed by atoms with E-state index in [0.29, 0.717) is 12.8 Å². The Bertz CT molecular complexity index is 315. The maximum Gasteiger partial charge on any atom is 0.306 e. The van der Waals surface area contributed by atoms with Gasteiger partial charge in [-0.2, -0.15) is 0 Å². The van der Waals surface area contributed by atoms with Crippen LogP contribution in [0.15, 0.2) is 12.7 Å². The summed E-state index contributed by atoms with van der Waals surface area (Å²) in [7, 11) is 0. The molecule has 102 valence electrons. The number of amides is 2. The van der Waals surface area contributed by atoms with Gasteiger partial charge in [-0.05, 0) is 19.8 Å². The first-order chi connectivity index (χ1) is 8.51. The van der Waals surface area contributed by atoms with Gasteiger partial charge in [-0.3, -0.25) is 14.4 Å². The zero-order chi connectivity index (χ0) is 14.0. The zero-order valence-corrected chi connectivity index (χ0v) is 10.6. The van der Waals surface area contributed by atoms with Crippen molar-refractivity contribution in [3.63, 3.8) is 0 Å². The summed E-state index contributed by atoms with van der Waals surface area (Å²) in [5.74, 6) is -1.42. The summed E-state index contributed by atoms with van der Waals surface area (Å²) in [5, 5.41) is 2.48. The Morgan fingerprint density at radius 1 is 1.39 bits per heavy atom. The number of hydrogen-bond donors (Lipinski definition) is 2. The fraction of sp³-hybridized carbons (Fsp3) is 0.583. The number of carbonyl (C=O) groups is 3. The Kier molecular flexibility index (Phi) is 8.26. The van der Waals surface area contributed by atoms with Gasteiger partial charge in [-0.15, -0.1) is 6.58 Å². The highest BCUT2D eigenvalue weighted by Crippen LogP contribution is 2.00. The van der Waals surface area contributed by atoms with Crippen LogP contribution in [0.3, 0.4) is 0 Å². The smallest absolute Gasteiger partial charge is 0.306 e. The lowest BCUT2D eigenvalue weighted by molar-refractivity contribution is -0.144. The molecule has 0 aliphatic carbocycles. The highest BCUT2D eigenvalue weighted by molar-refractivity contribution is 5.87. The monoisotopic (exact) mass is 256 g/mol. The summed E-state index contributed by atoms with van der Waals surface area (Å²) in [4.78, 5) is 33.6. The summed E-state index contributed by atoms with van der Waals surface area (Å²) >= 11 is 0. The topological polar surface area (TPSA) is 98.5 Å². The SMILES string of the molecule is C=CCC[C@@H](NC(=O)CCC(=O)OCC)C(N)=O. The van der Waals surface area contributed by atoms with E-state index in [1.54, 1.807) is 13.0 Å². The number of carbonyl (C=O) groups excluding carboxylic acids is 3. The fourth-order valence-corrected chi connectivity index (χ4v) is 1.29. The van der Waals surface area contributed by atoms with Crippen molar-refractivity contribution in [1.82, 2.24) is 5.32 Å². The van der Waals surface area contributed by atoms with Gasteiger partial charge in [-0.1, -0.05) is 6.08 Å². The highest BCUT2D eigenvalue weighted by Gasteiger charge is 2.17. The molecule has 0 aromatic heterocycles. The van der Waals surface area contributed by atoms with Crippen LogP contribution in [0, 0.1) is 0 Å². The summed E-state index contributed by atoms with van der Waals surface area (Å²) in [6, 6.07) is -0.724. The van der Waals surface area contributed by atoms with Crippen LogP contribution >= 0.6 is 0 Å². The molecule has 1 atom stereocenters. The molecule has 0 saturated heterocycles. The molecule has 0 rings (SSSR count). The van der Waals surface area contributed by atoms with Crippen molar-refractivity contribution in [1.29, 1.82) is 0 Å². The van der Waals surface area contributed by atoms with Crippen LogP contribution < -0.4 is 11.1 Å². The van der Waals surface area contributed by atoms with Crippen LogP contribution in [-0.4, -0.2) is 30.4 Å². The molecule has 0 aromatic carbocycles. The number of nitrogens with one attached hydrogen (secondary N) is 1. The predicted molar refractivity (Wildman–Crippen MR) is 66.4 cm³/mol. The van der Waals surface area contributed by atoms with Gasteiger partial charge < -0.3 is 15.8 Å². The van der Waals surface area contributed by atoms with Crippen molar-refractivity contribution in [3.8, 4) is 0 Å². The second-order valence-electron chi connectivity index (χ2n) is 3.69. The van der Waals surface area contributed by atoms with Crippen molar-refractivity contribution in [2.45, 2.75) is 38.6 Å². The van der Waals surface area contributed by atoms with Crippen LogP contribution in [0.5, 0.6) is 0 Å². The van der Waals surface area contributed by atoms with E-state index in [1.165, 1.54) is 0 Å². The summed E-state index contributed by atoms with van der Waals surface area (Å²) in [5.41, 5.74) is 5.15. The third-order valence-corrected chi connectivity index (χ3v) is 2.20. The van der Waals surface area contributed by atoms with E-state index in [4.69, 9.17) is 5.73 Å². The van der Waals surface area contributed by atoms with Crippen LogP contribution in [0.2, 0.25) is 0 Å². The number of esters is 1. The van der Waals surface area contributed by atoms with Crippen molar-refractivity contribution in [2.75, 3.05) is 6.61 Å². The minimum absolute atomic E-state index is 0.00733. The normalized spacial score (nSPS) is 11.4. The quantitative estimate of drug-likeness (QED) is 0.457. The number of rotatable bonds is 9.